The molecule has 1 aromatic carbocycles. The Hall–Kier alpha value is -4.15. The lowest BCUT2D eigenvalue weighted by atomic mass is 10.1. The molecule has 3 aromatic rings. The highest BCUT2D eigenvalue weighted by atomic mass is 19.1. The molecule has 0 aliphatic carbocycles. The number of halogens is 1. The number of aromatic nitrogens is 4. The Morgan fingerprint density at radius 3 is 2.56 bits per heavy atom. The van der Waals surface area contributed by atoms with Crippen molar-refractivity contribution in [2.75, 3.05) is 7.11 Å². The van der Waals surface area contributed by atoms with Crippen LogP contribution in [0.15, 0.2) is 36.5 Å². The minimum absolute atomic E-state index is 0.109. The summed E-state index contributed by atoms with van der Waals surface area (Å²) >= 11 is 0. The van der Waals surface area contributed by atoms with Crippen molar-refractivity contribution < 1.29 is 23.5 Å². The van der Waals surface area contributed by atoms with E-state index in [1.54, 1.807) is 24.4 Å². The van der Waals surface area contributed by atoms with Crippen LogP contribution in [0.2, 0.25) is 0 Å². The molecule has 11 heteroatoms. The minimum atomic E-state index is -0.581. The first-order valence-electron chi connectivity index (χ1n) is 9.90. The van der Waals surface area contributed by atoms with Gasteiger partial charge in [-0.25, -0.2) is 19.1 Å². The first-order valence-corrected chi connectivity index (χ1v) is 9.90. The van der Waals surface area contributed by atoms with Gasteiger partial charge >= 0.3 is 0 Å². The number of ether oxygens (including phenoxy) is 1. The van der Waals surface area contributed by atoms with Crippen LogP contribution < -0.4 is 4.74 Å². The van der Waals surface area contributed by atoms with Crippen molar-refractivity contribution in [3.05, 3.63) is 53.5 Å². The van der Waals surface area contributed by atoms with Crippen LogP contribution in [0.4, 0.5) is 4.39 Å². The fourth-order valence-electron chi connectivity index (χ4n) is 3.82. The van der Waals surface area contributed by atoms with Crippen molar-refractivity contribution >= 4 is 17.7 Å². The summed E-state index contributed by atoms with van der Waals surface area (Å²) in [4.78, 5) is 41.3. The number of amides is 3. The maximum absolute atomic E-state index is 13.6. The van der Waals surface area contributed by atoms with Gasteiger partial charge in [-0.2, -0.15) is 5.01 Å². The monoisotopic (exact) mass is 436 g/mol. The van der Waals surface area contributed by atoms with Crippen LogP contribution in [0.1, 0.15) is 35.2 Å². The van der Waals surface area contributed by atoms with E-state index in [2.05, 4.69) is 15.3 Å². The summed E-state index contributed by atoms with van der Waals surface area (Å²) in [5, 5.41) is 10.3. The number of pyridine rings is 1. The van der Waals surface area contributed by atoms with Crippen LogP contribution >= 0.6 is 0 Å². The van der Waals surface area contributed by atoms with Crippen molar-refractivity contribution in [1.29, 1.82) is 0 Å². The molecule has 0 bridgehead atoms. The van der Waals surface area contributed by atoms with Gasteiger partial charge in [-0.05, 0) is 42.3 Å². The second-order valence-electron chi connectivity index (χ2n) is 7.39. The molecule has 0 saturated carbocycles. The first-order chi connectivity index (χ1) is 15.5. The summed E-state index contributed by atoms with van der Waals surface area (Å²) in [6, 6.07) is 7.78. The number of rotatable bonds is 4. The molecule has 0 spiro atoms. The molecular weight excluding hydrogens is 419 g/mol. The zero-order valence-corrected chi connectivity index (χ0v) is 17.0. The fraction of sp³-hybridized carbons (Fsp3) is 0.238. The number of imide groups is 1. The highest BCUT2D eigenvalue weighted by Gasteiger charge is 2.39. The summed E-state index contributed by atoms with van der Waals surface area (Å²) in [6.45, 7) is 0.109. The van der Waals surface area contributed by atoms with Gasteiger partial charge in [0.2, 0.25) is 11.8 Å². The second kappa shape index (κ2) is 7.52. The summed E-state index contributed by atoms with van der Waals surface area (Å²) in [5.41, 5.74) is 2.51. The van der Waals surface area contributed by atoms with Gasteiger partial charge in [0.1, 0.15) is 5.69 Å². The number of fused-ring (bicyclic) bond motifs is 1. The Morgan fingerprint density at radius 1 is 1.03 bits per heavy atom. The van der Waals surface area contributed by atoms with E-state index in [4.69, 9.17) is 4.74 Å². The second-order valence-corrected chi connectivity index (χ2v) is 7.39. The number of nitrogens with zero attached hydrogens (tertiary/aromatic N) is 6. The number of hydrogen-bond acceptors (Lipinski definition) is 7. The number of carbonyl (C=O) groups excluding carboxylic acids is 3. The number of carbonyl (C=O) groups is 3. The average molecular weight is 436 g/mol. The maximum atomic E-state index is 13.6. The SMILES string of the molecule is COc1nc(-c2cn(-c3ccc4c(c3)CN(N3C(=O)CCCC3=O)C4=O)nn2)ccc1F. The highest BCUT2D eigenvalue weighted by molar-refractivity contribution is 6.04. The molecule has 0 unspecified atom stereocenters. The molecule has 162 valence electrons. The van der Waals surface area contributed by atoms with Crippen molar-refractivity contribution in [1.82, 2.24) is 30.0 Å². The number of methoxy groups -OCH3 is 1. The van der Waals surface area contributed by atoms with Gasteiger partial charge in [0.15, 0.2) is 5.82 Å². The van der Waals surface area contributed by atoms with Gasteiger partial charge in [0, 0.05) is 18.4 Å². The van der Waals surface area contributed by atoms with Crippen LogP contribution in [-0.4, -0.2) is 54.8 Å². The van der Waals surface area contributed by atoms with Gasteiger partial charge in [-0.3, -0.25) is 14.4 Å². The molecule has 5 rings (SSSR count). The predicted octanol–water partition coefficient (Wildman–Crippen LogP) is 1.89. The normalized spacial score (nSPS) is 16.0. The highest BCUT2D eigenvalue weighted by Crippen LogP contribution is 2.29. The van der Waals surface area contributed by atoms with E-state index in [-0.39, 0.29) is 37.1 Å². The maximum Gasteiger partial charge on any atom is 0.273 e. The lowest BCUT2D eigenvalue weighted by molar-refractivity contribution is -0.163. The number of piperidine rings is 1. The van der Waals surface area contributed by atoms with E-state index < -0.39 is 11.7 Å². The Balaban J connectivity index is 1.43. The molecule has 10 nitrogen and oxygen atoms in total. The van der Waals surface area contributed by atoms with Gasteiger partial charge in [0.05, 0.1) is 31.2 Å². The molecule has 2 aromatic heterocycles. The van der Waals surface area contributed by atoms with E-state index in [1.165, 1.54) is 28.9 Å². The Bertz CT molecular complexity index is 1260. The topological polar surface area (TPSA) is 111 Å². The predicted molar refractivity (Wildman–Crippen MR) is 107 cm³/mol. The van der Waals surface area contributed by atoms with E-state index in [0.717, 1.165) is 5.01 Å². The molecule has 0 N–H and O–H groups in total. The van der Waals surface area contributed by atoms with Crippen molar-refractivity contribution in [3.63, 3.8) is 0 Å². The van der Waals surface area contributed by atoms with Crippen molar-refractivity contribution in [2.45, 2.75) is 25.8 Å². The van der Waals surface area contributed by atoms with Crippen LogP contribution in [0.3, 0.4) is 0 Å². The van der Waals surface area contributed by atoms with E-state index in [0.29, 0.717) is 34.6 Å². The lowest BCUT2D eigenvalue weighted by Crippen LogP contribution is -2.51. The molecule has 4 heterocycles. The molecule has 0 atom stereocenters. The van der Waals surface area contributed by atoms with Gasteiger partial charge in [-0.15, -0.1) is 5.10 Å². The van der Waals surface area contributed by atoms with Crippen molar-refractivity contribution in [2.24, 2.45) is 0 Å². The molecule has 0 radical (unpaired) electrons. The van der Waals surface area contributed by atoms with Crippen molar-refractivity contribution in [3.8, 4) is 23.0 Å². The Labute approximate surface area is 181 Å². The van der Waals surface area contributed by atoms with E-state index in [1.807, 2.05) is 0 Å². The third kappa shape index (κ3) is 3.18. The van der Waals surface area contributed by atoms with Crippen LogP contribution in [0, 0.1) is 5.82 Å². The lowest BCUT2D eigenvalue weighted by Gasteiger charge is -2.32. The minimum Gasteiger partial charge on any atom is -0.479 e. The Morgan fingerprint density at radius 2 is 1.81 bits per heavy atom. The zero-order valence-electron chi connectivity index (χ0n) is 17.0. The van der Waals surface area contributed by atoms with Crippen LogP contribution in [0.25, 0.3) is 17.1 Å². The zero-order chi connectivity index (χ0) is 22.4. The number of hydrazine groups is 1. The van der Waals surface area contributed by atoms with Gasteiger partial charge in [0.25, 0.3) is 11.8 Å². The molecule has 2 aliphatic heterocycles. The first kappa shape index (κ1) is 19.8. The third-order valence-electron chi connectivity index (χ3n) is 5.40. The largest absolute Gasteiger partial charge is 0.479 e. The smallest absolute Gasteiger partial charge is 0.273 e. The van der Waals surface area contributed by atoms with Crippen LogP contribution in [-0.2, 0) is 16.1 Å². The quantitative estimate of drug-likeness (QED) is 0.574. The molecule has 32 heavy (non-hydrogen) atoms. The third-order valence-corrected chi connectivity index (χ3v) is 5.40. The summed E-state index contributed by atoms with van der Waals surface area (Å²) in [6.07, 6.45) is 2.59. The molecule has 1 fully saturated rings. The molecular formula is C21H17FN6O4. The van der Waals surface area contributed by atoms with E-state index in [9.17, 15) is 18.8 Å². The molecule has 3 amide bonds. The van der Waals surface area contributed by atoms with Crippen LogP contribution in [0.5, 0.6) is 5.88 Å². The summed E-state index contributed by atoms with van der Waals surface area (Å²) in [7, 11) is 1.33. The standard InChI is InChI=1S/C21H17FN6O4/c1-32-20-15(22)7-8-16(23-20)17-11-26(25-24-17)13-5-6-14-12(9-13)10-27(21(14)31)28-18(29)3-2-4-19(28)30/h5-9,11H,2-4,10H2,1H3. The number of benzene rings is 1. The Kier molecular flexibility index (Phi) is 4.65. The average Bonchev–Trinajstić information content (AvgIpc) is 3.39. The number of hydrogen-bond donors (Lipinski definition) is 0. The summed E-state index contributed by atoms with van der Waals surface area (Å²) < 4.78 is 20.0. The van der Waals surface area contributed by atoms with Gasteiger partial charge < -0.3 is 4.74 Å². The van der Waals surface area contributed by atoms with Gasteiger partial charge in [-0.1, -0.05) is 5.21 Å². The molecule has 1 saturated heterocycles. The fourth-order valence-corrected chi connectivity index (χ4v) is 3.82. The summed E-state index contributed by atoms with van der Waals surface area (Å²) in [5.74, 6) is -1.86. The van der Waals surface area contributed by atoms with E-state index >= 15 is 0 Å². The molecule has 2 aliphatic rings.